The first kappa shape index (κ1) is 18.7. The number of ether oxygens (including phenoxy) is 1. The number of hydrogen-bond donors (Lipinski definition) is 1. The summed E-state index contributed by atoms with van der Waals surface area (Å²) < 4.78 is 5.74. The molecule has 0 unspecified atom stereocenters. The van der Waals surface area contributed by atoms with Crippen LogP contribution in [0, 0.1) is 6.92 Å². The molecule has 3 rings (SSSR count). The number of hydrogen-bond acceptors (Lipinski definition) is 3. The van der Waals surface area contributed by atoms with Gasteiger partial charge in [-0.05, 0) is 60.0 Å². The van der Waals surface area contributed by atoms with Crippen LogP contribution >= 0.6 is 11.6 Å². The van der Waals surface area contributed by atoms with Gasteiger partial charge >= 0.3 is 0 Å². The van der Waals surface area contributed by atoms with Crippen LogP contribution in [-0.2, 0) is 6.61 Å². The molecule has 1 amide bonds. The minimum atomic E-state index is -0.348. The van der Waals surface area contributed by atoms with E-state index in [9.17, 15) is 4.79 Å². The second-order valence-electron chi connectivity index (χ2n) is 6.03. The zero-order chi connectivity index (χ0) is 19.1. The van der Waals surface area contributed by atoms with Crippen molar-refractivity contribution < 1.29 is 9.53 Å². The summed E-state index contributed by atoms with van der Waals surface area (Å²) in [7, 11) is 0. The molecule has 0 aliphatic carbocycles. The molecular formula is C22H19ClN2O2. The van der Waals surface area contributed by atoms with E-state index in [1.54, 1.807) is 18.3 Å². The summed E-state index contributed by atoms with van der Waals surface area (Å²) in [5.41, 5.74) is 5.83. The third-order valence-corrected chi connectivity index (χ3v) is 4.19. The minimum absolute atomic E-state index is 0.348. The predicted molar refractivity (Wildman–Crippen MR) is 108 cm³/mol. The predicted octanol–water partition coefficient (Wildman–Crippen LogP) is 4.99. The van der Waals surface area contributed by atoms with Crippen LogP contribution in [0.15, 0.2) is 77.9 Å². The number of benzene rings is 3. The Morgan fingerprint density at radius 3 is 2.52 bits per heavy atom. The second kappa shape index (κ2) is 9.01. The number of rotatable bonds is 6. The van der Waals surface area contributed by atoms with Crippen LogP contribution < -0.4 is 10.2 Å². The van der Waals surface area contributed by atoms with E-state index in [1.165, 1.54) is 0 Å². The summed E-state index contributed by atoms with van der Waals surface area (Å²) in [4.78, 5) is 12.1. The molecule has 0 atom stereocenters. The van der Waals surface area contributed by atoms with E-state index in [2.05, 4.69) is 10.5 Å². The summed E-state index contributed by atoms with van der Waals surface area (Å²) in [5.74, 6) is 0.422. The van der Waals surface area contributed by atoms with Crippen molar-refractivity contribution in [1.29, 1.82) is 0 Å². The van der Waals surface area contributed by atoms with Crippen molar-refractivity contribution in [2.24, 2.45) is 5.10 Å². The van der Waals surface area contributed by atoms with Gasteiger partial charge in [-0.2, -0.15) is 5.10 Å². The molecule has 0 aromatic heterocycles. The molecule has 0 fully saturated rings. The highest BCUT2D eigenvalue weighted by atomic mass is 35.5. The van der Waals surface area contributed by atoms with Crippen molar-refractivity contribution >= 4 is 23.7 Å². The average Bonchev–Trinajstić information content (AvgIpc) is 2.68. The fraction of sp³-hybridized carbons (Fsp3) is 0.0909. The first-order chi connectivity index (χ1) is 13.1. The van der Waals surface area contributed by atoms with Crippen LogP contribution in [0.25, 0.3) is 0 Å². The van der Waals surface area contributed by atoms with Gasteiger partial charge in [0.05, 0.1) is 16.8 Å². The molecule has 3 aromatic carbocycles. The molecule has 0 saturated carbocycles. The number of nitrogens with zero attached hydrogens (tertiary/aromatic N) is 1. The third-order valence-electron chi connectivity index (χ3n) is 3.88. The van der Waals surface area contributed by atoms with Crippen LogP contribution in [-0.4, -0.2) is 12.1 Å². The number of carbonyl (C=O) groups excluding carboxylic acids is 1. The highest BCUT2D eigenvalue weighted by Crippen LogP contribution is 2.17. The SMILES string of the molecule is Cc1ccc(C(=O)N/N=C/c2ccc(OCc3ccccc3)cc2)c(Cl)c1. The summed E-state index contributed by atoms with van der Waals surface area (Å²) in [6, 6.07) is 22.7. The van der Waals surface area contributed by atoms with Gasteiger partial charge in [-0.3, -0.25) is 4.79 Å². The monoisotopic (exact) mass is 378 g/mol. The van der Waals surface area contributed by atoms with Crippen molar-refractivity contribution in [2.75, 3.05) is 0 Å². The summed E-state index contributed by atoms with van der Waals surface area (Å²) >= 11 is 6.09. The Morgan fingerprint density at radius 2 is 1.81 bits per heavy atom. The van der Waals surface area contributed by atoms with Crippen molar-refractivity contribution in [1.82, 2.24) is 5.43 Å². The summed E-state index contributed by atoms with van der Waals surface area (Å²) in [6.45, 7) is 2.43. The highest BCUT2D eigenvalue weighted by molar-refractivity contribution is 6.33. The van der Waals surface area contributed by atoms with Gasteiger partial charge in [0.15, 0.2) is 0 Å². The van der Waals surface area contributed by atoms with Crippen molar-refractivity contribution in [3.05, 3.63) is 100 Å². The topological polar surface area (TPSA) is 50.7 Å². The fourth-order valence-electron chi connectivity index (χ4n) is 2.42. The van der Waals surface area contributed by atoms with E-state index in [-0.39, 0.29) is 5.91 Å². The zero-order valence-electron chi connectivity index (χ0n) is 14.9. The molecule has 0 bridgehead atoms. The van der Waals surface area contributed by atoms with Gasteiger partial charge in [0.2, 0.25) is 0 Å². The van der Waals surface area contributed by atoms with Crippen LogP contribution in [0.3, 0.4) is 0 Å². The first-order valence-electron chi connectivity index (χ1n) is 8.48. The molecule has 0 saturated heterocycles. The number of amides is 1. The molecule has 0 aliphatic rings. The Labute approximate surface area is 163 Å². The maximum Gasteiger partial charge on any atom is 0.272 e. The lowest BCUT2D eigenvalue weighted by Crippen LogP contribution is -2.18. The molecule has 4 nitrogen and oxygen atoms in total. The summed E-state index contributed by atoms with van der Waals surface area (Å²) in [6.07, 6.45) is 1.57. The molecule has 136 valence electrons. The fourth-order valence-corrected chi connectivity index (χ4v) is 2.74. The quantitative estimate of drug-likeness (QED) is 0.485. The Hall–Kier alpha value is -3.11. The number of aryl methyl sites for hydroxylation is 1. The molecule has 3 aromatic rings. The summed E-state index contributed by atoms with van der Waals surface area (Å²) in [5, 5.41) is 4.39. The molecule has 27 heavy (non-hydrogen) atoms. The number of hydrazone groups is 1. The van der Waals surface area contributed by atoms with Gasteiger partial charge in [0, 0.05) is 0 Å². The van der Waals surface area contributed by atoms with E-state index in [4.69, 9.17) is 16.3 Å². The number of nitrogens with one attached hydrogen (secondary N) is 1. The normalized spacial score (nSPS) is 10.7. The molecule has 5 heteroatoms. The van der Waals surface area contributed by atoms with Gasteiger partial charge < -0.3 is 4.74 Å². The van der Waals surface area contributed by atoms with Crippen LogP contribution in [0.2, 0.25) is 5.02 Å². The Morgan fingerprint density at radius 1 is 1.07 bits per heavy atom. The lowest BCUT2D eigenvalue weighted by Gasteiger charge is -2.06. The Balaban J connectivity index is 1.53. The maximum atomic E-state index is 12.1. The third kappa shape index (κ3) is 5.43. The molecule has 0 spiro atoms. The standard InChI is InChI=1S/C22H19ClN2O2/c1-16-7-12-20(21(23)13-16)22(26)25-24-14-17-8-10-19(11-9-17)27-15-18-5-3-2-4-6-18/h2-14H,15H2,1H3,(H,25,26)/b24-14+. The molecule has 0 radical (unpaired) electrons. The largest absolute Gasteiger partial charge is 0.489 e. The van der Waals surface area contributed by atoms with Crippen molar-refractivity contribution in [2.45, 2.75) is 13.5 Å². The Kier molecular flexibility index (Phi) is 6.23. The van der Waals surface area contributed by atoms with E-state index >= 15 is 0 Å². The van der Waals surface area contributed by atoms with Gasteiger partial charge in [-0.25, -0.2) is 5.43 Å². The second-order valence-corrected chi connectivity index (χ2v) is 6.43. The number of carbonyl (C=O) groups is 1. The molecule has 0 aliphatic heterocycles. The first-order valence-corrected chi connectivity index (χ1v) is 8.86. The van der Waals surface area contributed by atoms with Crippen LogP contribution in [0.5, 0.6) is 5.75 Å². The average molecular weight is 379 g/mol. The highest BCUT2D eigenvalue weighted by Gasteiger charge is 2.08. The van der Waals surface area contributed by atoms with Gasteiger partial charge in [-0.1, -0.05) is 48.0 Å². The van der Waals surface area contributed by atoms with Gasteiger partial charge in [0.1, 0.15) is 12.4 Å². The van der Waals surface area contributed by atoms with E-state index in [0.717, 1.165) is 22.4 Å². The molecular weight excluding hydrogens is 360 g/mol. The van der Waals surface area contributed by atoms with Crippen molar-refractivity contribution in [3.63, 3.8) is 0 Å². The van der Waals surface area contributed by atoms with E-state index in [0.29, 0.717) is 17.2 Å². The zero-order valence-corrected chi connectivity index (χ0v) is 15.6. The lowest BCUT2D eigenvalue weighted by molar-refractivity contribution is 0.0955. The van der Waals surface area contributed by atoms with Gasteiger partial charge in [0.25, 0.3) is 5.91 Å². The van der Waals surface area contributed by atoms with Crippen molar-refractivity contribution in [3.8, 4) is 5.75 Å². The maximum absolute atomic E-state index is 12.1. The smallest absolute Gasteiger partial charge is 0.272 e. The van der Waals surface area contributed by atoms with Crippen LogP contribution in [0.4, 0.5) is 0 Å². The van der Waals surface area contributed by atoms with E-state index in [1.807, 2.05) is 67.6 Å². The lowest BCUT2D eigenvalue weighted by atomic mass is 10.1. The van der Waals surface area contributed by atoms with Crippen LogP contribution in [0.1, 0.15) is 27.0 Å². The Bertz CT molecular complexity index is 938. The number of halogens is 1. The van der Waals surface area contributed by atoms with E-state index < -0.39 is 0 Å². The molecule has 1 N–H and O–H groups in total. The van der Waals surface area contributed by atoms with Gasteiger partial charge in [-0.15, -0.1) is 0 Å². The minimum Gasteiger partial charge on any atom is -0.489 e. The molecule has 0 heterocycles.